The second-order valence-corrected chi connectivity index (χ2v) is 6.94. The van der Waals surface area contributed by atoms with Gasteiger partial charge in [-0.3, -0.25) is 0 Å². The Labute approximate surface area is 127 Å². The number of ether oxygens (including phenoxy) is 1. The first-order valence-corrected chi connectivity index (χ1v) is 8.99. The molecule has 2 rings (SSSR count). The van der Waals surface area contributed by atoms with Gasteiger partial charge >= 0.3 is 0 Å². The lowest BCUT2D eigenvalue weighted by Gasteiger charge is -2.40. The number of rotatable bonds is 7. The smallest absolute Gasteiger partial charge is 0.0831 e. The van der Waals surface area contributed by atoms with Gasteiger partial charge < -0.3 is 10.1 Å². The predicted molar refractivity (Wildman–Crippen MR) is 87.5 cm³/mol. The molecule has 1 aliphatic carbocycles. The molecule has 1 atom stereocenters. The first kappa shape index (κ1) is 16.0. The maximum Gasteiger partial charge on any atom is 0.0831 e. The van der Waals surface area contributed by atoms with Gasteiger partial charge in [-0.15, -0.1) is 11.3 Å². The molecule has 1 aromatic rings. The summed E-state index contributed by atoms with van der Waals surface area (Å²) in [5.41, 5.74) is 0.0593. The maximum atomic E-state index is 6.08. The molecule has 0 amide bonds. The Balaban J connectivity index is 2.03. The van der Waals surface area contributed by atoms with Crippen molar-refractivity contribution < 1.29 is 4.74 Å². The lowest BCUT2D eigenvalue weighted by Crippen LogP contribution is -2.52. The van der Waals surface area contributed by atoms with Gasteiger partial charge in [-0.1, -0.05) is 38.7 Å². The molecule has 0 aliphatic heterocycles. The molecule has 1 heterocycles. The predicted octanol–water partition coefficient (Wildman–Crippen LogP) is 4.40. The molecule has 20 heavy (non-hydrogen) atoms. The number of likely N-dealkylation sites (N-methyl/N-ethyl adjacent to an activating group) is 1. The molecule has 1 fully saturated rings. The van der Waals surface area contributed by atoms with E-state index in [-0.39, 0.29) is 5.60 Å². The summed E-state index contributed by atoms with van der Waals surface area (Å²) in [6.45, 7) is 3.23. The molecular weight excluding hydrogens is 266 g/mol. The van der Waals surface area contributed by atoms with Crippen molar-refractivity contribution in [1.29, 1.82) is 0 Å². The Bertz CT molecular complexity index is 355. The number of thiophene rings is 1. The van der Waals surface area contributed by atoms with Crippen molar-refractivity contribution in [2.24, 2.45) is 0 Å². The second-order valence-electron chi connectivity index (χ2n) is 5.91. The fourth-order valence-corrected chi connectivity index (χ4v) is 4.29. The molecule has 1 saturated carbocycles. The molecule has 0 bridgehead atoms. The van der Waals surface area contributed by atoms with Crippen molar-refractivity contribution in [3.63, 3.8) is 0 Å². The molecule has 0 spiro atoms. The molecule has 1 aromatic heterocycles. The summed E-state index contributed by atoms with van der Waals surface area (Å²) >= 11 is 1.87. The van der Waals surface area contributed by atoms with Crippen molar-refractivity contribution in [1.82, 2.24) is 5.32 Å². The summed E-state index contributed by atoms with van der Waals surface area (Å²) in [6, 6.07) is 4.89. The van der Waals surface area contributed by atoms with Crippen molar-refractivity contribution in [3.8, 4) is 0 Å². The Morgan fingerprint density at radius 3 is 2.60 bits per heavy atom. The first-order valence-electron chi connectivity index (χ1n) is 8.11. The zero-order valence-corrected chi connectivity index (χ0v) is 13.8. The summed E-state index contributed by atoms with van der Waals surface area (Å²) in [5, 5.41) is 5.89. The number of nitrogens with one attached hydrogen (secondary N) is 1. The van der Waals surface area contributed by atoms with Gasteiger partial charge in [-0.25, -0.2) is 0 Å². The van der Waals surface area contributed by atoms with E-state index in [1.807, 2.05) is 18.4 Å². The van der Waals surface area contributed by atoms with E-state index in [1.54, 1.807) is 0 Å². The van der Waals surface area contributed by atoms with E-state index < -0.39 is 0 Å². The van der Waals surface area contributed by atoms with Crippen LogP contribution < -0.4 is 5.32 Å². The van der Waals surface area contributed by atoms with Gasteiger partial charge in [0.25, 0.3) is 0 Å². The van der Waals surface area contributed by atoms with Crippen LogP contribution in [-0.4, -0.2) is 25.3 Å². The van der Waals surface area contributed by atoms with Crippen molar-refractivity contribution in [2.75, 3.05) is 13.7 Å². The van der Waals surface area contributed by atoms with E-state index in [0.29, 0.717) is 6.04 Å². The standard InChI is InChI=1S/C17H29NOS/c1-3-18-16(11-10-15-9-8-14-20-15)17(19-2)12-6-4-5-7-13-17/h8-9,14,16,18H,3-7,10-13H2,1-2H3. The highest BCUT2D eigenvalue weighted by Crippen LogP contribution is 2.34. The van der Waals surface area contributed by atoms with Crippen LogP contribution in [0.25, 0.3) is 0 Å². The lowest BCUT2D eigenvalue weighted by atomic mass is 9.83. The quantitative estimate of drug-likeness (QED) is 0.753. The summed E-state index contributed by atoms with van der Waals surface area (Å²) in [5.74, 6) is 0. The minimum absolute atomic E-state index is 0.0593. The summed E-state index contributed by atoms with van der Waals surface area (Å²) in [7, 11) is 1.92. The van der Waals surface area contributed by atoms with E-state index >= 15 is 0 Å². The number of hydrogen-bond acceptors (Lipinski definition) is 3. The average Bonchev–Trinajstić information content (AvgIpc) is 2.87. The molecule has 1 N–H and O–H groups in total. The molecule has 114 valence electrons. The Kier molecular flexibility index (Phi) is 6.53. The van der Waals surface area contributed by atoms with E-state index in [4.69, 9.17) is 4.74 Å². The summed E-state index contributed by atoms with van der Waals surface area (Å²) in [6.07, 6.45) is 10.1. The zero-order chi connectivity index (χ0) is 14.3. The summed E-state index contributed by atoms with van der Waals surface area (Å²) < 4.78 is 6.08. The van der Waals surface area contributed by atoms with Crippen LogP contribution in [0.2, 0.25) is 0 Å². The molecule has 3 heteroatoms. The van der Waals surface area contributed by atoms with Crippen molar-refractivity contribution >= 4 is 11.3 Å². The fourth-order valence-electron chi connectivity index (χ4n) is 3.56. The summed E-state index contributed by atoms with van der Waals surface area (Å²) in [4.78, 5) is 1.49. The largest absolute Gasteiger partial charge is 0.377 e. The Morgan fingerprint density at radius 2 is 2.05 bits per heavy atom. The fraction of sp³-hybridized carbons (Fsp3) is 0.765. The molecule has 0 radical (unpaired) electrons. The van der Waals surface area contributed by atoms with Crippen LogP contribution >= 0.6 is 11.3 Å². The molecular formula is C17H29NOS. The van der Waals surface area contributed by atoms with Gasteiger partial charge in [0.1, 0.15) is 0 Å². The number of aryl methyl sites for hydroxylation is 1. The minimum Gasteiger partial charge on any atom is -0.377 e. The van der Waals surface area contributed by atoms with Crippen LogP contribution in [0.3, 0.4) is 0 Å². The van der Waals surface area contributed by atoms with Gasteiger partial charge in [0, 0.05) is 18.0 Å². The highest BCUT2D eigenvalue weighted by atomic mass is 32.1. The monoisotopic (exact) mass is 295 g/mol. The van der Waals surface area contributed by atoms with E-state index in [9.17, 15) is 0 Å². The third-order valence-corrected chi connectivity index (χ3v) is 5.64. The highest BCUT2D eigenvalue weighted by Gasteiger charge is 2.38. The van der Waals surface area contributed by atoms with Crippen LogP contribution in [0.5, 0.6) is 0 Å². The van der Waals surface area contributed by atoms with Crippen LogP contribution in [0.15, 0.2) is 17.5 Å². The normalized spacial score (nSPS) is 20.5. The highest BCUT2D eigenvalue weighted by molar-refractivity contribution is 7.09. The van der Waals surface area contributed by atoms with Gasteiger partial charge in [0.2, 0.25) is 0 Å². The molecule has 1 aliphatic rings. The minimum atomic E-state index is 0.0593. The van der Waals surface area contributed by atoms with Gasteiger partial charge in [0.05, 0.1) is 5.60 Å². The number of methoxy groups -OCH3 is 1. The van der Waals surface area contributed by atoms with Crippen LogP contribution in [-0.2, 0) is 11.2 Å². The van der Waals surface area contributed by atoms with Gasteiger partial charge in [0.15, 0.2) is 0 Å². The van der Waals surface area contributed by atoms with E-state index in [2.05, 4.69) is 29.8 Å². The topological polar surface area (TPSA) is 21.3 Å². The third-order valence-electron chi connectivity index (χ3n) is 4.70. The van der Waals surface area contributed by atoms with E-state index in [1.165, 1.54) is 56.2 Å². The van der Waals surface area contributed by atoms with Crippen LogP contribution in [0.4, 0.5) is 0 Å². The van der Waals surface area contributed by atoms with Crippen molar-refractivity contribution in [3.05, 3.63) is 22.4 Å². The number of hydrogen-bond donors (Lipinski definition) is 1. The SMILES string of the molecule is CCNC(CCc1cccs1)C1(OC)CCCCCC1. The van der Waals surface area contributed by atoms with Gasteiger partial charge in [-0.05, 0) is 43.7 Å². The maximum absolute atomic E-state index is 6.08. The molecule has 0 saturated heterocycles. The van der Waals surface area contributed by atoms with E-state index in [0.717, 1.165) is 6.54 Å². The average molecular weight is 295 g/mol. The van der Waals surface area contributed by atoms with Crippen molar-refractivity contribution in [2.45, 2.75) is 69.9 Å². The van der Waals surface area contributed by atoms with Crippen LogP contribution in [0, 0.1) is 0 Å². The molecule has 2 nitrogen and oxygen atoms in total. The first-order chi connectivity index (χ1) is 9.80. The second kappa shape index (κ2) is 8.16. The lowest BCUT2D eigenvalue weighted by molar-refractivity contribution is -0.0542. The third kappa shape index (κ3) is 4.06. The van der Waals surface area contributed by atoms with Crippen LogP contribution in [0.1, 0.15) is 56.7 Å². The molecule has 0 aromatic carbocycles. The molecule has 1 unspecified atom stereocenters. The Hall–Kier alpha value is -0.380. The Morgan fingerprint density at radius 1 is 1.30 bits per heavy atom. The zero-order valence-electron chi connectivity index (χ0n) is 13.0. The van der Waals surface area contributed by atoms with Gasteiger partial charge in [-0.2, -0.15) is 0 Å².